The molecular weight excluding hydrogens is 444 g/mol. The van der Waals surface area contributed by atoms with Crippen LogP contribution in [0.3, 0.4) is 0 Å². The number of likely N-dealkylation sites (N-methyl/N-ethyl adjacent to an activating group) is 1. The van der Waals surface area contributed by atoms with E-state index in [0.717, 1.165) is 0 Å². The molecule has 0 aliphatic carbocycles. The number of alkyl halides is 3. The van der Waals surface area contributed by atoms with Crippen LogP contribution in [0.5, 0.6) is 5.88 Å². The lowest BCUT2D eigenvalue weighted by molar-refractivity contribution is -0.138. The number of hydrogen-bond donors (Lipinski definition) is 0. The summed E-state index contributed by atoms with van der Waals surface area (Å²) < 4.78 is 57.3. The van der Waals surface area contributed by atoms with Crippen LogP contribution in [0, 0.1) is 17.1 Å². The highest BCUT2D eigenvalue weighted by Crippen LogP contribution is 2.30. The summed E-state index contributed by atoms with van der Waals surface area (Å²) >= 11 is 0. The monoisotopic (exact) mass is 462 g/mol. The summed E-state index contributed by atoms with van der Waals surface area (Å²) in [6, 6.07) is 6.13. The van der Waals surface area contributed by atoms with Gasteiger partial charge in [0, 0.05) is 12.7 Å². The van der Waals surface area contributed by atoms with Crippen molar-refractivity contribution in [1.29, 1.82) is 5.26 Å². The zero-order chi connectivity index (χ0) is 24.2. The Bertz CT molecular complexity index is 1170. The second-order valence-corrected chi connectivity index (χ2v) is 6.92. The van der Waals surface area contributed by atoms with Gasteiger partial charge in [-0.3, -0.25) is 4.79 Å². The molecule has 2 aromatic heterocycles. The summed E-state index contributed by atoms with van der Waals surface area (Å²) in [5, 5.41) is 17.2. The van der Waals surface area contributed by atoms with E-state index in [1.54, 1.807) is 13.8 Å². The van der Waals surface area contributed by atoms with Crippen molar-refractivity contribution in [2.45, 2.75) is 26.1 Å². The third kappa shape index (κ3) is 5.25. The van der Waals surface area contributed by atoms with E-state index in [9.17, 15) is 27.6 Å². The maximum absolute atomic E-state index is 14.0. The number of hydrogen-bond acceptors (Lipinski definition) is 6. The number of benzene rings is 1. The van der Waals surface area contributed by atoms with Crippen LogP contribution >= 0.6 is 0 Å². The average Bonchev–Trinajstić information content (AvgIpc) is 3.32. The zero-order valence-corrected chi connectivity index (χ0v) is 17.5. The highest BCUT2D eigenvalue weighted by atomic mass is 19.4. The molecular formula is C21H18F4N6O2. The van der Waals surface area contributed by atoms with E-state index in [4.69, 9.17) is 4.74 Å². The molecule has 0 N–H and O–H groups in total. The third-order valence-corrected chi connectivity index (χ3v) is 4.72. The van der Waals surface area contributed by atoms with E-state index in [1.807, 2.05) is 6.07 Å². The molecule has 8 nitrogen and oxygen atoms in total. The molecule has 2 heterocycles. The number of pyridine rings is 1. The standard InChI is InChI=1S/C21H18F4N6O2/c1-3-30(13(2)12-33-19-17(22)9-15(11-27-19)21(23,24)25)20(32)16-5-4-14(10-26)8-18(16)31-28-6-7-29-31/h4-9,11,13H,3,12H2,1-2H3/t13-/m0/s1. The predicted molar refractivity (Wildman–Crippen MR) is 107 cm³/mol. The van der Waals surface area contributed by atoms with Gasteiger partial charge in [-0.2, -0.15) is 33.4 Å². The molecule has 172 valence electrons. The van der Waals surface area contributed by atoms with Crippen molar-refractivity contribution in [2.24, 2.45) is 0 Å². The Kier molecular flexibility index (Phi) is 6.91. The van der Waals surface area contributed by atoms with Crippen molar-refractivity contribution >= 4 is 5.91 Å². The molecule has 0 aliphatic heterocycles. The molecule has 0 spiro atoms. The minimum atomic E-state index is -4.73. The van der Waals surface area contributed by atoms with E-state index in [1.165, 1.54) is 40.3 Å². The molecule has 1 amide bonds. The molecule has 3 aromatic rings. The Morgan fingerprint density at radius 1 is 1.27 bits per heavy atom. The fourth-order valence-corrected chi connectivity index (χ4v) is 3.07. The number of carbonyl (C=O) groups is 1. The number of carbonyl (C=O) groups excluding carboxylic acids is 1. The summed E-state index contributed by atoms with van der Waals surface area (Å²) in [6.07, 6.45) is -1.40. The largest absolute Gasteiger partial charge is 0.473 e. The van der Waals surface area contributed by atoms with Crippen LogP contribution in [0.1, 0.15) is 35.3 Å². The number of nitrogens with zero attached hydrogens (tertiary/aromatic N) is 6. The van der Waals surface area contributed by atoms with Crippen LogP contribution in [-0.4, -0.2) is 50.0 Å². The fourth-order valence-electron chi connectivity index (χ4n) is 3.07. The highest BCUT2D eigenvalue weighted by molar-refractivity contribution is 5.98. The summed E-state index contributed by atoms with van der Waals surface area (Å²) in [4.78, 5) is 19.3. The predicted octanol–water partition coefficient (Wildman–Crippen LogP) is 3.62. The quantitative estimate of drug-likeness (QED) is 0.498. The van der Waals surface area contributed by atoms with Crippen molar-refractivity contribution in [1.82, 2.24) is 24.9 Å². The molecule has 0 unspecified atom stereocenters. The first-order valence-electron chi connectivity index (χ1n) is 9.73. The minimum absolute atomic E-state index is 0.220. The Labute approximate surface area is 186 Å². The normalized spacial score (nSPS) is 12.2. The highest BCUT2D eigenvalue weighted by Gasteiger charge is 2.32. The van der Waals surface area contributed by atoms with Gasteiger partial charge < -0.3 is 9.64 Å². The number of aromatic nitrogens is 4. The zero-order valence-electron chi connectivity index (χ0n) is 17.5. The molecule has 33 heavy (non-hydrogen) atoms. The van der Waals surface area contributed by atoms with Crippen LogP contribution in [0.25, 0.3) is 5.69 Å². The lowest BCUT2D eigenvalue weighted by Gasteiger charge is -2.28. The maximum Gasteiger partial charge on any atom is 0.417 e. The molecule has 0 saturated heterocycles. The molecule has 1 atom stereocenters. The minimum Gasteiger partial charge on any atom is -0.473 e. The van der Waals surface area contributed by atoms with Gasteiger partial charge in [-0.25, -0.2) is 9.37 Å². The number of nitriles is 1. The van der Waals surface area contributed by atoms with Crippen molar-refractivity contribution in [3.05, 3.63) is 65.4 Å². The summed E-state index contributed by atoms with van der Waals surface area (Å²) in [7, 11) is 0. The van der Waals surface area contributed by atoms with Crippen LogP contribution in [0.15, 0.2) is 42.9 Å². The Hall–Kier alpha value is -4.01. The van der Waals surface area contributed by atoms with Gasteiger partial charge in [-0.15, -0.1) is 0 Å². The maximum atomic E-state index is 14.0. The average molecular weight is 462 g/mol. The second kappa shape index (κ2) is 9.64. The van der Waals surface area contributed by atoms with Gasteiger partial charge in [-0.05, 0) is 38.1 Å². The summed E-state index contributed by atoms with van der Waals surface area (Å²) in [5.74, 6) is -2.28. The number of ether oxygens (including phenoxy) is 1. The van der Waals surface area contributed by atoms with Gasteiger partial charge in [0.25, 0.3) is 5.91 Å². The molecule has 1 aromatic carbocycles. The Morgan fingerprint density at radius 2 is 1.97 bits per heavy atom. The van der Waals surface area contributed by atoms with Gasteiger partial charge in [-0.1, -0.05) is 0 Å². The van der Waals surface area contributed by atoms with Gasteiger partial charge in [0.2, 0.25) is 5.88 Å². The molecule has 3 rings (SSSR count). The summed E-state index contributed by atoms with van der Waals surface area (Å²) in [5.41, 5.74) is -0.405. The molecule has 0 aliphatic rings. The van der Waals surface area contributed by atoms with Crippen molar-refractivity contribution in [3.8, 4) is 17.6 Å². The lowest BCUT2D eigenvalue weighted by Crippen LogP contribution is -2.42. The van der Waals surface area contributed by atoms with Crippen LogP contribution in [0.2, 0.25) is 0 Å². The smallest absolute Gasteiger partial charge is 0.417 e. The molecule has 0 radical (unpaired) electrons. The Balaban J connectivity index is 1.80. The SMILES string of the molecule is CCN(C(=O)c1ccc(C#N)cc1-n1nccn1)[C@@H](C)COc1ncc(C(F)(F)F)cc1F. The van der Waals surface area contributed by atoms with E-state index in [2.05, 4.69) is 15.2 Å². The molecule has 0 saturated carbocycles. The first kappa shape index (κ1) is 23.6. The lowest BCUT2D eigenvalue weighted by atomic mass is 10.1. The van der Waals surface area contributed by atoms with E-state index >= 15 is 0 Å². The number of amides is 1. The van der Waals surface area contributed by atoms with E-state index in [-0.39, 0.29) is 18.7 Å². The first-order chi connectivity index (χ1) is 15.7. The topological polar surface area (TPSA) is 96.9 Å². The van der Waals surface area contributed by atoms with E-state index in [0.29, 0.717) is 23.5 Å². The van der Waals surface area contributed by atoms with Crippen LogP contribution < -0.4 is 4.74 Å². The van der Waals surface area contributed by atoms with Gasteiger partial charge in [0.05, 0.1) is 46.9 Å². The second-order valence-electron chi connectivity index (χ2n) is 6.92. The van der Waals surface area contributed by atoms with Gasteiger partial charge in [0.1, 0.15) is 6.61 Å². The van der Waals surface area contributed by atoms with Crippen molar-refractivity contribution < 1.29 is 27.1 Å². The molecule has 0 bridgehead atoms. The molecule has 0 fully saturated rings. The van der Waals surface area contributed by atoms with E-state index < -0.39 is 35.4 Å². The van der Waals surface area contributed by atoms with Gasteiger partial charge >= 0.3 is 6.18 Å². The number of halogens is 4. The Morgan fingerprint density at radius 3 is 2.55 bits per heavy atom. The fraction of sp³-hybridized carbons (Fsp3) is 0.286. The van der Waals surface area contributed by atoms with Crippen LogP contribution in [0.4, 0.5) is 17.6 Å². The molecule has 12 heteroatoms. The number of rotatable bonds is 7. The first-order valence-corrected chi connectivity index (χ1v) is 9.73. The van der Waals surface area contributed by atoms with Gasteiger partial charge in [0.15, 0.2) is 5.82 Å². The third-order valence-electron chi connectivity index (χ3n) is 4.72. The van der Waals surface area contributed by atoms with Crippen LogP contribution in [-0.2, 0) is 6.18 Å². The van der Waals surface area contributed by atoms with Crippen molar-refractivity contribution in [2.75, 3.05) is 13.2 Å². The van der Waals surface area contributed by atoms with Crippen molar-refractivity contribution in [3.63, 3.8) is 0 Å². The summed E-state index contributed by atoms with van der Waals surface area (Å²) in [6.45, 7) is 3.39.